The molecule has 6 heteroatoms. The van der Waals surface area contributed by atoms with Crippen molar-refractivity contribution in [2.45, 2.75) is 46.3 Å². The number of carbonyl (C=O) groups is 2. The zero-order valence-electron chi connectivity index (χ0n) is 17.9. The fourth-order valence-electron chi connectivity index (χ4n) is 3.18. The molecule has 0 N–H and O–H groups in total. The normalized spacial score (nSPS) is 11.3. The van der Waals surface area contributed by atoms with E-state index < -0.39 is 5.54 Å². The van der Waals surface area contributed by atoms with Crippen molar-refractivity contribution in [2.75, 3.05) is 6.54 Å². The highest BCUT2D eigenvalue weighted by molar-refractivity contribution is 7.12. The summed E-state index contributed by atoms with van der Waals surface area (Å²) < 4.78 is 5.71. The van der Waals surface area contributed by atoms with Gasteiger partial charge in [0.2, 0.25) is 5.91 Å². The number of furan rings is 1. The van der Waals surface area contributed by atoms with Crippen molar-refractivity contribution in [3.63, 3.8) is 0 Å². The van der Waals surface area contributed by atoms with Crippen LogP contribution >= 0.6 is 11.3 Å². The van der Waals surface area contributed by atoms with E-state index in [9.17, 15) is 9.59 Å². The highest BCUT2D eigenvalue weighted by atomic mass is 32.1. The highest BCUT2D eigenvalue weighted by Crippen LogP contribution is 2.21. The standard InChI is InChI=1S/C24H28N2O3S/c1-18-12-13-20(29-18)16-25(15-19-9-6-5-7-10-19)22(27)17-26(24(2,3)4)23(28)21-11-8-14-30-21/h5-14H,15-17H2,1-4H3. The van der Waals surface area contributed by atoms with Gasteiger partial charge in [-0.15, -0.1) is 11.3 Å². The smallest absolute Gasteiger partial charge is 0.264 e. The van der Waals surface area contributed by atoms with Gasteiger partial charge in [-0.2, -0.15) is 0 Å². The highest BCUT2D eigenvalue weighted by Gasteiger charge is 2.31. The van der Waals surface area contributed by atoms with E-state index in [1.807, 2.05) is 81.6 Å². The fraction of sp³-hybridized carbons (Fsp3) is 0.333. The van der Waals surface area contributed by atoms with Crippen LogP contribution in [-0.2, 0) is 17.9 Å². The maximum absolute atomic E-state index is 13.4. The molecule has 5 nitrogen and oxygen atoms in total. The Labute approximate surface area is 181 Å². The molecule has 2 heterocycles. The van der Waals surface area contributed by atoms with E-state index in [0.717, 1.165) is 17.1 Å². The van der Waals surface area contributed by atoms with Crippen LogP contribution in [0.2, 0.25) is 0 Å². The Morgan fingerprint density at radius 2 is 1.70 bits per heavy atom. The summed E-state index contributed by atoms with van der Waals surface area (Å²) in [5, 5.41) is 1.87. The molecule has 0 radical (unpaired) electrons. The van der Waals surface area contributed by atoms with Gasteiger partial charge in [-0.25, -0.2) is 0 Å². The largest absolute Gasteiger partial charge is 0.464 e. The summed E-state index contributed by atoms with van der Waals surface area (Å²) in [5.74, 6) is 1.29. The number of benzene rings is 1. The molecular formula is C24H28N2O3S. The molecule has 0 aliphatic heterocycles. The minimum absolute atomic E-state index is 0.00670. The van der Waals surface area contributed by atoms with Crippen LogP contribution in [0.25, 0.3) is 0 Å². The molecule has 0 fully saturated rings. The first-order valence-corrected chi connectivity index (χ1v) is 10.8. The van der Waals surface area contributed by atoms with E-state index in [4.69, 9.17) is 4.42 Å². The Bertz CT molecular complexity index is 972. The first kappa shape index (κ1) is 21.8. The molecule has 2 amide bonds. The molecule has 30 heavy (non-hydrogen) atoms. The lowest BCUT2D eigenvalue weighted by Gasteiger charge is -2.36. The summed E-state index contributed by atoms with van der Waals surface area (Å²) in [6, 6.07) is 17.3. The molecule has 0 aliphatic carbocycles. The van der Waals surface area contributed by atoms with Gasteiger partial charge < -0.3 is 14.2 Å². The molecule has 3 rings (SSSR count). The summed E-state index contributed by atoms with van der Waals surface area (Å²) in [6.45, 7) is 8.54. The summed E-state index contributed by atoms with van der Waals surface area (Å²) in [7, 11) is 0. The minimum atomic E-state index is -0.490. The number of hydrogen-bond acceptors (Lipinski definition) is 4. The minimum Gasteiger partial charge on any atom is -0.464 e. The van der Waals surface area contributed by atoms with Crippen molar-refractivity contribution in [1.82, 2.24) is 9.80 Å². The van der Waals surface area contributed by atoms with Crippen molar-refractivity contribution in [1.29, 1.82) is 0 Å². The van der Waals surface area contributed by atoms with Gasteiger partial charge in [0, 0.05) is 12.1 Å². The van der Waals surface area contributed by atoms with Gasteiger partial charge in [0.05, 0.1) is 11.4 Å². The number of hydrogen-bond donors (Lipinski definition) is 0. The van der Waals surface area contributed by atoms with Gasteiger partial charge in [0.15, 0.2) is 0 Å². The van der Waals surface area contributed by atoms with Gasteiger partial charge in [-0.05, 0) is 56.8 Å². The van der Waals surface area contributed by atoms with Crippen molar-refractivity contribution < 1.29 is 14.0 Å². The number of thiophene rings is 1. The fourth-order valence-corrected chi connectivity index (χ4v) is 3.85. The SMILES string of the molecule is Cc1ccc(CN(Cc2ccccc2)C(=O)CN(C(=O)c2cccs2)C(C)(C)C)o1. The summed E-state index contributed by atoms with van der Waals surface area (Å²) >= 11 is 1.39. The molecule has 0 bridgehead atoms. The molecule has 0 unspecified atom stereocenters. The van der Waals surface area contributed by atoms with Gasteiger partial charge in [0.1, 0.15) is 18.1 Å². The Morgan fingerprint density at radius 3 is 2.27 bits per heavy atom. The first-order valence-electron chi connectivity index (χ1n) is 9.96. The molecule has 0 saturated heterocycles. The van der Waals surface area contributed by atoms with Gasteiger partial charge in [-0.1, -0.05) is 36.4 Å². The van der Waals surface area contributed by atoms with Crippen molar-refractivity contribution in [3.8, 4) is 0 Å². The van der Waals surface area contributed by atoms with Crippen LogP contribution in [0, 0.1) is 6.92 Å². The van der Waals surface area contributed by atoms with Crippen LogP contribution in [0.5, 0.6) is 0 Å². The molecule has 2 aromatic heterocycles. The van der Waals surface area contributed by atoms with Crippen molar-refractivity contribution in [2.24, 2.45) is 0 Å². The van der Waals surface area contributed by atoms with Gasteiger partial charge in [0.25, 0.3) is 5.91 Å². The summed E-state index contributed by atoms with van der Waals surface area (Å²) in [4.78, 5) is 30.5. The van der Waals surface area contributed by atoms with Crippen LogP contribution in [0.4, 0.5) is 0 Å². The Kier molecular flexibility index (Phi) is 6.77. The number of rotatable bonds is 7. The van der Waals surface area contributed by atoms with Crippen molar-refractivity contribution in [3.05, 3.63) is 81.9 Å². The molecule has 0 aliphatic rings. The molecular weight excluding hydrogens is 396 g/mol. The summed E-state index contributed by atoms with van der Waals surface area (Å²) in [5.41, 5.74) is 0.539. The van der Waals surface area contributed by atoms with E-state index in [-0.39, 0.29) is 18.4 Å². The number of carbonyl (C=O) groups excluding carboxylic acids is 2. The van der Waals surface area contributed by atoms with Gasteiger partial charge in [-0.3, -0.25) is 9.59 Å². The van der Waals surface area contributed by atoms with Gasteiger partial charge >= 0.3 is 0 Å². The lowest BCUT2D eigenvalue weighted by atomic mass is 10.1. The van der Waals surface area contributed by atoms with Crippen molar-refractivity contribution >= 4 is 23.2 Å². The quantitative estimate of drug-likeness (QED) is 0.529. The van der Waals surface area contributed by atoms with Crippen LogP contribution in [-0.4, -0.2) is 33.7 Å². The topological polar surface area (TPSA) is 53.8 Å². The second kappa shape index (κ2) is 9.30. The third kappa shape index (κ3) is 5.60. The Morgan fingerprint density at radius 1 is 0.967 bits per heavy atom. The van der Waals surface area contributed by atoms with E-state index in [1.54, 1.807) is 15.9 Å². The predicted octanol–water partition coefficient (Wildman–Crippen LogP) is 5.12. The third-order valence-electron chi connectivity index (χ3n) is 4.79. The third-order valence-corrected chi connectivity index (χ3v) is 5.65. The van der Waals surface area contributed by atoms with E-state index >= 15 is 0 Å². The second-order valence-corrected chi connectivity index (χ2v) is 9.23. The lowest BCUT2D eigenvalue weighted by molar-refractivity contribution is -0.134. The zero-order chi connectivity index (χ0) is 21.7. The number of aryl methyl sites for hydroxylation is 1. The van der Waals surface area contributed by atoms with E-state index in [2.05, 4.69) is 0 Å². The van der Waals surface area contributed by atoms with Crippen LogP contribution in [0.3, 0.4) is 0 Å². The second-order valence-electron chi connectivity index (χ2n) is 8.29. The maximum Gasteiger partial charge on any atom is 0.264 e. The molecule has 158 valence electrons. The lowest BCUT2D eigenvalue weighted by Crippen LogP contribution is -2.50. The monoisotopic (exact) mass is 424 g/mol. The molecule has 3 aromatic rings. The van der Waals surface area contributed by atoms with Crippen LogP contribution < -0.4 is 0 Å². The van der Waals surface area contributed by atoms with Crippen LogP contribution in [0.15, 0.2) is 64.4 Å². The number of nitrogens with zero attached hydrogens (tertiary/aromatic N) is 2. The summed E-state index contributed by atoms with van der Waals surface area (Å²) in [6.07, 6.45) is 0. The van der Waals surface area contributed by atoms with Crippen LogP contribution in [0.1, 0.15) is 47.5 Å². The number of amides is 2. The average Bonchev–Trinajstić information content (AvgIpc) is 3.37. The predicted molar refractivity (Wildman–Crippen MR) is 119 cm³/mol. The Hall–Kier alpha value is -2.86. The molecule has 1 aromatic carbocycles. The molecule has 0 spiro atoms. The average molecular weight is 425 g/mol. The zero-order valence-corrected chi connectivity index (χ0v) is 18.7. The van der Waals surface area contributed by atoms with E-state index in [0.29, 0.717) is 18.0 Å². The molecule has 0 atom stereocenters. The van der Waals surface area contributed by atoms with E-state index in [1.165, 1.54) is 11.3 Å². The first-order chi connectivity index (χ1) is 14.2. The molecule has 0 saturated carbocycles. The Balaban J connectivity index is 1.83. The maximum atomic E-state index is 13.4.